The molecule has 7 heteroatoms. The van der Waals surface area contributed by atoms with Crippen molar-refractivity contribution in [3.8, 4) is 5.75 Å². The first-order valence-corrected chi connectivity index (χ1v) is 10.5. The predicted octanol–water partition coefficient (Wildman–Crippen LogP) is 4.29. The topological polar surface area (TPSA) is 57.7 Å². The van der Waals surface area contributed by atoms with Gasteiger partial charge in [-0.25, -0.2) is 4.98 Å². The zero-order valence-electron chi connectivity index (χ0n) is 17.2. The fourth-order valence-corrected chi connectivity index (χ4v) is 4.09. The van der Waals surface area contributed by atoms with Crippen molar-refractivity contribution in [1.29, 1.82) is 0 Å². The van der Waals surface area contributed by atoms with Gasteiger partial charge in [-0.15, -0.1) is 0 Å². The summed E-state index contributed by atoms with van der Waals surface area (Å²) in [5.41, 5.74) is 1.14. The van der Waals surface area contributed by atoms with Crippen molar-refractivity contribution in [3.05, 3.63) is 59.2 Å². The minimum Gasteiger partial charge on any atom is -0.495 e. The summed E-state index contributed by atoms with van der Waals surface area (Å²) >= 11 is 6.18. The minimum absolute atomic E-state index is 0.220. The lowest BCUT2D eigenvalue weighted by molar-refractivity contribution is 0.102. The fraction of sp³-hybridized carbons (Fsp3) is 0.304. The van der Waals surface area contributed by atoms with Gasteiger partial charge in [0.25, 0.3) is 5.91 Å². The molecule has 6 nitrogen and oxygen atoms in total. The van der Waals surface area contributed by atoms with Crippen LogP contribution in [0.2, 0.25) is 5.02 Å². The van der Waals surface area contributed by atoms with Crippen LogP contribution < -0.4 is 15.0 Å². The van der Waals surface area contributed by atoms with Crippen molar-refractivity contribution in [2.24, 2.45) is 0 Å². The van der Waals surface area contributed by atoms with Crippen molar-refractivity contribution in [2.75, 3.05) is 50.1 Å². The third-order valence-electron chi connectivity index (χ3n) is 5.55. The molecule has 1 aliphatic rings. The van der Waals surface area contributed by atoms with Gasteiger partial charge in [0.2, 0.25) is 0 Å². The molecule has 0 radical (unpaired) electrons. The molecule has 1 aliphatic heterocycles. The number of ether oxygens (including phenoxy) is 1. The molecule has 0 spiro atoms. The quantitative estimate of drug-likeness (QED) is 0.662. The molecule has 2 heterocycles. The van der Waals surface area contributed by atoms with Gasteiger partial charge in [0.1, 0.15) is 11.6 Å². The zero-order valence-corrected chi connectivity index (χ0v) is 17.9. The number of carbonyl (C=O) groups excluding carboxylic acids is 1. The number of hydrogen-bond donors (Lipinski definition) is 1. The Labute approximate surface area is 181 Å². The van der Waals surface area contributed by atoms with E-state index in [4.69, 9.17) is 16.3 Å². The van der Waals surface area contributed by atoms with Crippen LogP contribution in [0.1, 0.15) is 17.3 Å². The van der Waals surface area contributed by atoms with Crippen LogP contribution in [-0.2, 0) is 0 Å². The van der Waals surface area contributed by atoms with Crippen LogP contribution in [0.25, 0.3) is 10.8 Å². The summed E-state index contributed by atoms with van der Waals surface area (Å²) in [5.74, 6) is 1.28. The summed E-state index contributed by atoms with van der Waals surface area (Å²) < 4.78 is 5.17. The van der Waals surface area contributed by atoms with Crippen molar-refractivity contribution in [2.45, 2.75) is 6.92 Å². The molecule has 4 rings (SSSR count). The number of pyridine rings is 1. The Morgan fingerprint density at radius 3 is 2.53 bits per heavy atom. The number of carbonyl (C=O) groups is 1. The van der Waals surface area contributed by atoms with E-state index in [1.807, 2.05) is 24.3 Å². The predicted molar refractivity (Wildman–Crippen MR) is 122 cm³/mol. The van der Waals surface area contributed by atoms with Gasteiger partial charge < -0.3 is 19.9 Å². The highest BCUT2D eigenvalue weighted by atomic mass is 35.5. The Kier molecular flexibility index (Phi) is 6.06. The van der Waals surface area contributed by atoms with Crippen molar-refractivity contribution >= 4 is 39.8 Å². The number of hydrogen-bond acceptors (Lipinski definition) is 5. The average molecular weight is 425 g/mol. The highest BCUT2D eigenvalue weighted by Crippen LogP contribution is 2.30. The van der Waals surface area contributed by atoms with Crippen LogP contribution >= 0.6 is 11.6 Å². The molecule has 0 bridgehead atoms. The Bertz CT molecular complexity index is 1060. The first kappa shape index (κ1) is 20.4. The van der Waals surface area contributed by atoms with Gasteiger partial charge in [-0.1, -0.05) is 42.8 Å². The molecule has 2 aromatic carbocycles. The number of nitrogens with zero attached hydrogens (tertiary/aromatic N) is 3. The van der Waals surface area contributed by atoms with Crippen LogP contribution in [0, 0.1) is 0 Å². The van der Waals surface area contributed by atoms with E-state index in [9.17, 15) is 4.79 Å². The molecule has 1 amide bonds. The van der Waals surface area contributed by atoms with Crippen molar-refractivity contribution in [1.82, 2.24) is 9.88 Å². The minimum atomic E-state index is -0.220. The maximum Gasteiger partial charge on any atom is 0.257 e. The number of halogens is 1. The number of aromatic nitrogens is 1. The Morgan fingerprint density at radius 2 is 1.87 bits per heavy atom. The normalized spacial score (nSPS) is 14.7. The molecular weight excluding hydrogens is 400 g/mol. The Morgan fingerprint density at radius 1 is 1.13 bits per heavy atom. The molecule has 0 aliphatic carbocycles. The molecule has 1 saturated heterocycles. The number of methoxy groups -OCH3 is 1. The second-order valence-electron chi connectivity index (χ2n) is 7.27. The maximum absolute atomic E-state index is 13.0. The lowest BCUT2D eigenvalue weighted by atomic mass is 10.1. The summed E-state index contributed by atoms with van der Waals surface area (Å²) in [6.45, 7) is 7.16. The van der Waals surface area contributed by atoms with Gasteiger partial charge in [-0.2, -0.15) is 0 Å². The van der Waals surface area contributed by atoms with E-state index in [1.54, 1.807) is 31.5 Å². The molecule has 1 aromatic heterocycles. The van der Waals surface area contributed by atoms with E-state index in [0.717, 1.165) is 49.3 Å². The number of piperazine rings is 1. The van der Waals surface area contributed by atoms with Crippen LogP contribution in [0.4, 0.5) is 11.5 Å². The van der Waals surface area contributed by atoms with E-state index in [1.165, 1.54) is 0 Å². The molecule has 1 fully saturated rings. The number of anilines is 2. The van der Waals surface area contributed by atoms with Crippen molar-refractivity contribution in [3.63, 3.8) is 0 Å². The van der Waals surface area contributed by atoms with Gasteiger partial charge in [-0.05, 0) is 30.1 Å². The molecule has 0 saturated carbocycles. The van der Waals surface area contributed by atoms with E-state index in [2.05, 4.69) is 27.0 Å². The van der Waals surface area contributed by atoms with Crippen molar-refractivity contribution < 1.29 is 9.53 Å². The number of likely N-dealkylation sites (N-methyl/N-ethyl adjacent to an activating group) is 1. The summed E-state index contributed by atoms with van der Waals surface area (Å²) in [7, 11) is 1.56. The van der Waals surface area contributed by atoms with E-state index < -0.39 is 0 Å². The lowest BCUT2D eigenvalue weighted by Crippen LogP contribution is -2.46. The number of rotatable bonds is 5. The highest BCUT2D eigenvalue weighted by Gasteiger charge is 2.21. The second kappa shape index (κ2) is 8.90. The first-order chi connectivity index (χ1) is 14.6. The standard InChI is InChI=1S/C23H25ClN4O2/c1-3-27-10-12-28(13-11-27)22-18-7-5-4-6-17(18)19(15-25-22)23(29)26-16-8-9-21(30-2)20(24)14-16/h4-9,14-15H,3,10-13H2,1-2H3,(H,26,29). The average Bonchev–Trinajstić information content (AvgIpc) is 2.78. The van der Waals surface area contributed by atoms with Gasteiger partial charge >= 0.3 is 0 Å². The zero-order chi connectivity index (χ0) is 21.1. The van der Waals surface area contributed by atoms with E-state index in [-0.39, 0.29) is 5.91 Å². The Hall–Kier alpha value is -2.83. The smallest absolute Gasteiger partial charge is 0.257 e. The molecule has 0 atom stereocenters. The third-order valence-corrected chi connectivity index (χ3v) is 5.84. The molecule has 0 unspecified atom stereocenters. The van der Waals surface area contributed by atoms with Gasteiger partial charge in [0.15, 0.2) is 0 Å². The summed E-state index contributed by atoms with van der Waals surface area (Å²) in [6, 6.07) is 13.1. The molecule has 156 valence electrons. The fourth-order valence-electron chi connectivity index (χ4n) is 3.83. The number of nitrogens with one attached hydrogen (secondary N) is 1. The van der Waals surface area contributed by atoms with Crippen LogP contribution in [0.15, 0.2) is 48.7 Å². The van der Waals surface area contributed by atoms with E-state index >= 15 is 0 Å². The largest absolute Gasteiger partial charge is 0.495 e. The lowest BCUT2D eigenvalue weighted by Gasteiger charge is -2.35. The number of benzene rings is 2. The molecular formula is C23H25ClN4O2. The first-order valence-electron chi connectivity index (χ1n) is 10.1. The maximum atomic E-state index is 13.0. The van der Waals surface area contributed by atoms with Gasteiger partial charge in [0, 0.05) is 43.4 Å². The third kappa shape index (κ3) is 4.06. The molecule has 30 heavy (non-hydrogen) atoms. The number of amides is 1. The van der Waals surface area contributed by atoms with Crippen LogP contribution in [0.5, 0.6) is 5.75 Å². The Balaban J connectivity index is 1.62. The number of fused-ring (bicyclic) bond motifs is 1. The van der Waals surface area contributed by atoms with E-state index in [0.29, 0.717) is 22.0 Å². The van der Waals surface area contributed by atoms with Gasteiger partial charge in [-0.3, -0.25) is 4.79 Å². The summed E-state index contributed by atoms with van der Waals surface area (Å²) in [5, 5.41) is 5.24. The van der Waals surface area contributed by atoms with Gasteiger partial charge in [0.05, 0.1) is 17.7 Å². The van der Waals surface area contributed by atoms with Crippen LogP contribution in [-0.4, -0.2) is 55.6 Å². The second-order valence-corrected chi connectivity index (χ2v) is 7.67. The SMILES string of the molecule is CCN1CCN(c2ncc(C(=O)Nc3ccc(OC)c(Cl)c3)c3ccccc23)CC1. The molecule has 1 N–H and O–H groups in total. The monoisotopic (exact) mass is 424 g/mol. The van der Waals surface area contributed by atoms with Crippen LogP contribution in [0.3, 0.4) is 0 Å². The molecule has 3 aromatic rings. The summed E-state index contributed by atoms with van der Waals surface area (Å²) in [6.07, 6.45) is 1.67. The highest BCUT2D eigenvalue weighted by molar-refractivity contribution is 6.32. The summed E-state index contributed by atoms with van der Waals surface area (Å²) in [4.78, 5) is 22.4.